The summed E-state index contributed by atoms with van der Waals surface area (Å²) in [5.74, 6) is -0.391. The number of nitrogens with one attached hydrogen (secondary N) is 1. The van der Waals surface area contributed by atoms with Gasteiger partial charge in [-0.15, -0.1) is 0 Å². The lowest BCUT2D eigenvalue weighted by atomic mass is 10.2. The molecule has 0 unspecified atom stereocenters. The molecular weight excluding hydrogens is 223 g/mol. The van der Waals surface area contributed by atoms with Crippen molar-refractivity contribution in [3.63, 3.8) is 0 Å². The van der Waals surface area contributed by atoms with Crippen molar-refractivity contribution in [1.82, 2.24) is 5.32 Å². The summed E-state index contributed by atoms with van der Waals surface area (Å²) in [6, 6.07) is 5.21. The minimum Gasteiger partial charge on any atom is -0.369 e. The number of carbonyl (C=O) groups excluding carboxylic acids is 1. The van der Waals surface area contributed by atoms with Gasteiger partial charge in [0.2, 0.25) is 5.91 Å². The number of halogens is 2. The van der Waals surface area contributed by atoms with Crippen LogP contribution in [0.15, 0.2) is 18.2 Å². The Bertz CT molecular complexity index is 321. The molecule has 0 spiro atoms. The molecule has 1 amide bonds. The van der Waals surface area contributed by atoms with Gasteiger partial charge in [0.05, 0.1) is 6.54 Å². The van der Waals surface area contributed by atoms with Crippen molar-refractivity contribution >= 4 is 29.1 Å². The summed E-state index contributed by atoms with van der Waals surface area (Å²) in [6.45, 7) is 0.660. The third-order valence-corrected chi connectivity index (χ3v) is 1.99. The zero-order valence-electron chi connectivity index (χ0n) is 7.39. The molecule has 0 radical (unpaired) electrons. The van der Waals surface area contributed by atoms with E-state index >= 15 is 0 Å². The van der Waals surface area contributed by atoms with E-state index in [1.807, 2.05) is 0 Å². The molecule has 1 aromatic rings. The van der Waals surface area contributed by atoms with E-state index < -0.39 is 5.91 Å². The van der Waals surface area contributed by atoms with E-state index in [4.69, 9.17) is 28.9 Å². The van der Waals surface area contributed by atoms with Gasteiger partial charge in [0.25, 0.3) is 0 Å². The van der Waals surface area contributed by atoms with E-state index in [0.717, 1.165) is 5.56 Å². The first-order chi connectivity index (χ1) is 6.58. The van der Waals surface area contributed by atoms with E-state index in [0.29, 0.717) is 16.6 Å². The highest BCUT2D eigenvalue weighted by Gasteiger charge is 1.98. The predicted molar refractivity (Wildman–Crippen MR) is 57.4 cm³/mol. The highest BCUT2D eigenvalue weighted by molar-refractivity contribution is 6.34. The number of primary amides is 1. The Kier molecular flexibility index (Phi) is 4.20. The van der Waals surface area contributed by atoms with E-state index in [1.54, 1.807) is 18.2 Å². The zero-order chi connectivity index (χ0) is 10.6. The van der Waals surface area contributed by atoms with Crippen LogP contribution in [0.2, 0.25) is 10.0 Å². The summed E-state index contributed by atoms with van der Waals surface area (Å²) in [4.78, 5) is 10.4. The van der Waals surface area contributed by atoms with E-state index in [1.165, 1.54) is 0 Å². The van der Waals surface area contributed by atoms with Crippen molar-refractivity contribution < 1.29 is 4.79 Å². The molecule has 0 atom stereocenters. The smallest absolute Gasteiger partial charge is 0.231 e. The van der Waals surface area contributed by atoms with Gasteiger partial charge in [0.15, 0.2) is 0 Å². The Hall–Kier alpha value is -0.770. The highest BCUT2D eigenvalue weighted by atomic mass is 35.5. The summed E-state index contributed by atoms with van der Waals surface area (Å²) < 4.78 is 0. The maximum absolute atomic E-state index is 10.4. The Balaban J connectivity index is 2.54. The van der Waals surface area contributed by atoms with E-state index in [9.17, 15) is 4.79 Å². The molecule has 0 aliphatic rings. The van der Waals surface area contributed by atoms with Gasteiger partial charge in [0.1, 0.15) is 0 Å². The number of amides is 1. The molecule has 14 heavy (non-hydrogen) atoms. The Morgan fingerprint density at radius 1 is 1.29 bits per heavy atom. The van der Waals surface area contributed by atoms with Crippen molar-refractivity contribution in [3.05, 3.63) is 33.8 Å². The lowest BCUT2D eigenvalue weighted by molar-refractivity contribution is -0.117. The van der Waals surface area contributed by atoms with Gasteiger partial charge in [-0.05, 0) is 23.8 Å². The second kappa shape index (κ2) is 5.20. The first kappa shape index (κ1) is 11.3. The molecular formula is C9H10Cl2N2O. The van der Waals surface area contributed by atoms with Crippen LogP contribution in [-0.4, -0.2) is 12.5 Å². The normalized spacial score (nSPS) is 10.1. The van der Waals surface area contributed by atoms with Gasteiger partial charge in [-0.2, -0.15) is 0 Å². The van der Waals surface area contributed by atoms with E-state index in [2.05, 4.69) is 5.32 Å². The maximum atomic E-state index is 10.4. The second-order valence-corrected chi connectivity index (χ2v) is 3.72. The lowest BCUT2D eigenvalue weighted by Crippen LogP contribution is -2.28. The Morgan fingerprint density at radius 2 is 1.86 bits per heavy atom. The minimum absolute atomic E-state index is 0.143. The van der Waals surface area contributed by atoms with Gasteiger partial charge in [-0.3, -0.25) is 4.79 Å². The molecule has 0 aliphatic carbocycles. The van der Waals surface area contributed by atoms with E-state index in [-0.39, 0.29) is 6.54 Å². The first-order valence-corrected chi connectivity index (χ1v) is 4.77. The van der Waals surface area contributed by atoms with Crippen molar-refractivity contribution in [3.8, 4) is 0 Å². The van der Waals surface area contributed by atoms with Crippen LogP contribution in [0.3, 0.4) is 0 Å². The third-order valence-electron chi connectivity index (χ3n) is 1.55. The molecule has 0 aromatic heterocycles. The second-order valence-electron chi connectivity index (χ2n) is 2.85. The molecule has 76 valence electrons. The van der Waals surface area contributed by atoms with Crippen molar-refractivity contribution in [2.24, 2.45) is 5.73 Å². The van der Waals surface area contributed by atoms with Crippen LogP contribution in [0, 0.1) is 0 Å². The topological polar surface area (TPSA) is 55.1 Å². The fraction of sp³-hybridized carbons (Fsp3) is 0.222. The molecule has 3 nitrogen and oxygen atoms in total. The quantitative estimate of drug-likeness (QED) is 0.829. The summed E-state index contributed by atoms with van der Waals surface area (Å²) in [5, 5.41) is 4.02. The summed E-state index contributed by atoms with van der Waals surface area (Å²) >= 11 is 11.6. The fourth-order valence-electron chi connectivity index (χ4n) is 1.04. The first-order valence-electron chi connectivity index (χ1n) is 4.02. The fourth-order valence-corrected chi connectivity index (χ4v) is 1.61. The maximum Gasteiger partial charge on any atom is 0.231 e. The minimum atomic E-state index is -0.391. The lowest BCUT2D eigenvalue weighted by Gasteiger charge is -2.03. The van der Waals surface area contributed by atoms with Gasteiger partial charge >= 0.3 is 0 Å². The molecule has 0 heterocycles. The Morgan fingerprint density at radius 3 is 2.36 bits per heavy atom. The van der Waals surface area contributed by atoms with Crippen molar-refractivity contribution in [2.75, 3.05) is 6.54 Å². The van der Waals surface area contributed by atoms with Gasteiger partial charge < -0.3 is 11.1 Å². The van der Waals surface area contributed by atoms with Crippen LogP contribution < -0.4 is 11.1 Å². The number of carbonyl (C=O) groups is 1. The van der Waals surface area contributed by atoms with Crippen LogP contribution >= 0.6 is 23.2 Å². The number of nitrogens with two attached hydrogens (primary N) is 1. The van der Waals surface area contributed by atoms with Crippen molar-refractivity contribution in [1.29, 1.82) is 0 Å². The molecule has 5 heteroatoms. The standard InChI is InChI=1S/C9H10Cl2N2O/c10-7-1-6(2-8(11)3-7)4-13-5-9(12)14/h1-3,13H,4-5H2,(H2,12,14). The van der Waals surface area contributed by atoms with Crippen LogP contribution in [-0.2, 0) is 11.3 Å². The van der Waals surface area contributed by atoms with Crippen molar-refractivity contribution in [2.45, 2.75) is 6.54 Å². The largest absolute Gasteiger partial charge is 0.369 e. The summed E-state index contributed by atoms with van der Waals surface area (Å²) in [6.07, 6.45) is 0. The van der Waals surface area contributed by atoms with Crippen LogP contribution in [0.4, 0.5) is 0 Å². The summed E-state index contributed by atoms with van der Waals surface area (Å²) in [5.41, 5.74) is 5.88. The van der Waals surface area contributed by atoms with Crippen LogP contribution in [0.1, 0.15) is 5.56 Å². The summed E-state index contributed by atoms with van der Waals surface area (Å²) in [7, 11) is 0. The zero-order valence-corrected chi connectivity index (χ0v) is 8.90. The number of hydrogen-bond acceptors (Lipinski definition) is 2. The number of hydrogen-bond donors (Lipinski definition) is 2. The third kappa shape index (κ3) is 3.96. The SMILES string of the molecule is NC(=O)CNCc1cc(Cl)cc(Cl)c1. The number of benzene rings is 1. The average molecular weight is 233 g/mol. The van der Waals surface area contributed by atoms with Gasteiger partial charge in [0, 0.05) is 16.6 Å². The molecule has 0 fully saturated rings. The van der Waals surface area contributed by atoms with Crippen LogP contribution in [0.5, 0.6) is 0 Å². The molecule has 0 bridgehead atoms. The molecule has 1 aromatic carbocycles. The highest BCUT2D eigenvalue weighted by Crippen LogP contribution is 2.18. The van der Waals surface area contributed by atoms with Crippen LogP contribution in [0.25, 0.3) is 0 Å². The molecule has 0 aliphatic heterocycles. The number of rotatable bonds is 4. The average Bonchev–Trinajstić information content (AvgIpc) is 2.01. The molecule has 0 saturated carbocycles. The monoisotopic (exact) mass is 232 g/mol. The molecule has 1 rings (SSSR count). The molecule has 3 N–H and O–H groups in total. The Labute approximate surface area is 92.2 Å². The van der Waals surface area contributed by atoms with Gasteiger partial charge in [-0.1, -0.05) is 23.2 Å². The molecule has 0 saturated heterocycles. The predicted octanol–water partition coefficient (Wildman–Crippen LogP) is 1.57. The van der Waals surface area contributed by atoms with Gasteiger partial charge in [-0.25, -0.2) is 0 Å².